The van der Waals surface area contributed by atoms with Gasteiger partial charge in [-0.3, -0.25) is 0 Å². The van der Waals surface area contributed by atoms with Crippen molar-refractivity contribution in [2.24, 2.45) is 0 Å². The predicted octanol–water partition coefficient (Wildman–Crippen LogP) is 3.96. The molecule has 0 aliphatic rings. The Balaban J connectivity index is 3.02. The highest BCUT2D eigenvalue weighted by Gasteiger charge is 2.18. The maximum absolute atomic E-state index is 5.66. The third-order valence-corrected chi connectivity index (χ3v) is 3.59. The van der Waals surface area contributed by atoms with E-state index in [0.29, 0.717) is 18.5 Å². The van der Waals surface area contributed by atoms with Crippen LogP contribution in [0.4, 0.5) is 5.95 Å². The molecule has 1 heterocycles. The van der Waals surface area contributed by atoms with Crippen LogP contribution in [0.25, 0.3) is 0 Å². The minimum Gasteiger partial charge on any atom is -0.478 e. The molecule has 0 spiro atoms. The molecule has 114 valence electrons. The maximum atomic E-state index is 5.66. The molecule has 1 aromatic heterocycles. The Morgan fingerprint density at radius 2 is 1.95 bits per heavy atom. The zero-order chi connectivity index (χ0) is 15.0. The lowest BCUT2D eigenvalue weighted by molar-refractivity contribution is 0.304. The van der Waals surface area contributed by atoms with Gasteiger partial charge in [0, 0.05) is 29.7 Å². The summed E-state index contributed by atoms with van der Waals surface area (Å²) in [5.74, 6) is 1.46. The second-order valence-corrected chi connectivity index (χ2v) is 5.64. The van der Waals surface area contributed by atoms with Gasteiger partial charge in [0.1, 0.15) is 0 Å². The number of ether oxygens (including phenoxy) is 1. The number of halogens is 1. The van der Waals surface area contributed by atoms with Gasteiger partial charge in [0.15, 0.2) is 0 Å². The largest absolute Gasteiger partial charge is 0.478 e. The van der Waals surface area contributed by atoms with Crippen molar-refractivity contribution in [1.29, 1.82) is 0 Å². The number of alkyl halides is 1. The maximum Gasteiger partial charge on any atom is 0.229 e. The van der Waals surface area contributed by atoms with Gasteiger partial charge in [0.25, 0.3) is 0 Å². The number of aromatic nitrogens is 2. The fourth-order valence-electron chi connectivity index (χ4n) is 2.20. The lowest BCUT2D eigenvalue weighted by Gasteiger charge is -2.30. The van der Waals surface area contributed by atoms with E-state index in [4.69, 9.17) is 4.74 Å². The van der Waals surface area contributed by atoms with Crippen LogP contribution in [-0.2, 0) is 0 Å². The van der Waals surface area contributed by atoms with Crippen molar-refractivity contribution in [3.63, 3.8) is 0 Å². The van der Waals surface area contributed by atoms with E-state index in [0.717, 1.165) is 42.8 Å². The highest BCUT2D eigenvalue weighted by molar-refractivity contribution is 9.09. The van der Waals surface area contributed by atoms with Crippen LogP contribution < -0.4 is 9.64 Å². The SMILES string of the molecule is CCCOc1cc(C)nc(N(CCBr)C(CC)CC)n1. The molecule has 0 aliphatic heterocycles. The van der Waals surface area contributed by atoms with Crippen molar-refractivity contribution >= 4 is 21.9 Å². The summed E-state index contributed by atoms with van der Waals surface area (Å²) in [6.45, 7) is 10.1. The summed E-state index contributed by atoms with van der Waals surface area (Å²) in [5.41, 5.74) is 0.951. The molecule has 0 amide bonds. The molecule has 5 heteroatoms. The van der Waals surface area contributed by atoms with Gasteiger partial charge in [-0.15, -0.1) is 0 Å². The number of rotatable bonds is 9. The van der Waals surface area contributed by atoms with Gasteiger partial charge in [0.05, 0.1) is 6.61 Å². The number of aryl methyl sites for hydroxylation is 1. The third-order valence-electron chi connectivity index (χ3n) is 3.24. The summed E-state index contributed by atoms with van der Waals surface area (Å²) in [6.07, 6.45) is 3.16. The summed E-state index contributed by atoms with van der Waals surface area (Å²) < 4.78 is 5.66. The van der Waals surface area contributed by atoms with Gasteiger partial charge in [-0.1, -0.05) is 36.7 Å². The zero-order valence-corrected chi connectivity index (χ0v) is 14.6. The second kappa shape index (κ2) is 9.16. The number of hydrogen-bond acceptors (Lipinski definition) is 4. The highest BCUT2D eigenvalue weighted by atomic mass is 79.9. The summed E-state index contributed by atoms with van der Waals surface area (Å²) in [5, 5.41) is 0.909. The van der Waals surface area contributed by atoms with E-state index in [1.807, 2.05) is 13.0 Å². The fraction of sp³-hybridized carbons (Fsp3) is 0.733. The van der Waals surface area contributed by atoms with Crippen LogP contribution >= 0.6 is 15.9 Å². The van der Waals surface area contributed by atoms with Crippen molar-refractivity contribution in [2.45, 2.75) is 53.0 Å². The monoisotopic (exact) mass is 343 g/mol. The van der Waals surface area contributed by atoms with Crippen LogP contribution in [0.2, 0.25) is 0 Å². The Kier molecular flexibility index (Phi) is 7.88. The zero-order valence-electron chi connectivity index (χ0n) is 13.0. The smallest absolute Gasteiger partial charge is 0.229 e. The average Bonchev–Trinajstić information content (AvgIpc) is 2.44. The normalized spacial score (nSPS) is 10.9. The van der Waals surface area contributed by atoms with Crippen LogP contribution in [0.3, 0.4) is 0 Å². The fourth-order valence-corrected chi connectivity index (χ4v) is 2.58. The lowest BCUT2D eigenvalue weighted by Crippen LogP contribution is -2.37. The van der Waals surface area contributed by atoms with Crippen molar-refractivity contribution in [2.75, 3.05) is 23.4 Å². The molecule has 1 rings (SSSR count). The van der Waals surface area contributed by atoms with Crippen molar-refractivity contribution < 1.29 is 4.74 Å². The number of anilines is 1. The molecule has 0 aromatic carbocycles. The number of hydrogen-bond donors (Lipinski definition) is 0. The van der Waals surface area contributed by atoms with Crippen LogP contribution in [0, 0.1) is 6.92 Å². The van der Waals surface area contributed by atoms with Gasteiger partial charge >= 0.3 is 0 Å². The van der Waals surface area contributed by atoms with Crippen molar-refractivity contribution in [3.8, 4) is 5.88 Å². The highest BCUT2D eigenvalue weighted by Crippen LogP contribution is 2.20. The quantitative estimate of drug-likeness (QED) is 0.636. The van der Waals surface area contributed by atoms with Crippen LogP contribution in [0.1, 0.15) is 45.7 Å². The summed E-state index contributed by atoms with van der Waals surface area (Å²) in [7, 11) is 0. The Labute approximate surface area is 131 Å². The van der Waals surface area contributed by atoms with Crippen LogP contribution in [0.5, 0.6) is 5.88 Å². The van der Waals surface area contributed by atoms with Crippen LogP contribution in [0.15, 0.2) is 6.07 Å². The van der Waals surface area contributed by atoms with E-state index in [-0.39, 0.29) is 0 Å². The van der Waals surface area contributed by atoms with Crippen molar-refractivity contribution in [3.05, 3.63) is 11.8 Å². The van der Waals surface area contributed by atoms with E-state index in [1.165, 1.54) is 0 Å². The van der Waals surface area contributed by atoms with Gasteiger partial charge < -0.3 is 9.64 Å². The molecule has 0 saturated carbocycles. The first-order valence-corrected chi connectivity index (χ1v) is 8.59. The summed E-state index contributed by atoms with van der Waals surface area (Å²) in [4.78, 5) is 11.4. The van der Waals surface area contributed by atoms with E-state index in [2.05, 4.69) is 51.6 Å². The summed E-state index contributed by atoms with van der Waals surface area (Å²) >= 11 is 3.52. The first-order valence-electron chi connectivity index (χ1n) is 7.47. The van der Waals surface area contributed by atoms with Gasteiger partial charge in [-0.05, 0) is 26.2 Å². The minimum absolute atomic E-state index is 0.466. The van der Waals surface area contributed by atoms with Gasteiger partial charge in [-0.2, -0.15) is 4.98 Å². The molecule has 0 N–H and O–H groups in total. The second-order valence-electron chi connectivity index (χ2n) is 4.85. The Morgan fingerprint density at radius 1 is 1.25 bits per heavy atom. The molecule has 0 fully saturated rings. The molecule has 20 heavy (non-hydrogen) atoms. The molecule has 0 radical (unpaired) electrons. The molecule has 0 unspecified atom stereocenters. The Morgan fingerprint density at radius 3 is 2.50 bits per heavy atom. The molecule has 4 nitrogen and oxygen atoms in total. The molecule has 0 saturated heterocycles. The molecular weight excluding hydrogens is 318 g/mol. The predicted molar refractivity (Wildman–Crippen MR) is 88.1 cm³/mol. The lowest BCUT2D eigenvalue weighted by atomic mass is 10.1. The first kappa shape index (κ1) is 17.2. The minimum atomic E-state index is 0.466. The Hall–Kier alpha value is -0.840. The molecule has 1 aromatic rings. The van der Waals surface area contributed by atoms with E-state index in [9.17, 15) is 0 Å². The first-order chi connectivity index (χ1) is 9.65. The molecular formula is C15H26BrN3O. The molecule has 0 aliphatic carbocycles. The van der Waals surface area contributed by atoms with E-state index < -0.39 is 0 Å². The topological polar surface area (TPSA) is 38.2 Å². The Bertz CT molecular complexity index is 397. The molecule has 0 bridgehead atoms. The standard InChI is InChI=1S/C15H26BrN3O/c1-5-10-20-14-11-12(4)17-15(18-14)19(9-8-16)13(6-2)7-3/h11,13H,5-10H2,1-4H3. The van der Waals surface area contributed by atoms with Crippen LogP contribution in [-0.4, -0.2) is 34.5 Å². The van der Waals surface area contributed by atoms with E-state index in [1.54, 1.807) is 0 Å². The van der Waals surface area contributed by atoms with E-state index >= 15 is 0 Å². The average molecular weight is 344 g/mol. The third kappa shape index (κ3) is 4.93. The van der Waals surface area contributed by atoms with Gasteiger partial charge in [0.2, 0.25) is 11.8 Å². The summed E-state index contributed by atoms with van der Waals surface area (Å²) in [6, 6.07) is 2.37. The molecule has 0 atom stereocenters. The number of nitrogens with zero attached hydrogens (tertiary/aromatic N) is 3. The van der Waals surface area contributed by atoms with Crippen molar-refractivity contribution in [1.82, 2.24) is 9.97 Å². The van der Waals surface area contributed by atoms with Gasteiger partial charge in [-0.25, -0.2) is 4.98 Å².